The summed E-state index contributed by atoms with van der Waals surface area (Å²) in [6.45, 7) is 0.559. The summed E-state index contributed by atoms with van der Waals surface area (Å²) >= 11 is 1.42. The smallest absolute Gasteiger partial charge is 0.357 e. The van der Waals surface area contributed by atoms with Crippen LogP contribution in [-0.2, 0) is 16.1 Å². The number of esters is 1. The summed E-state index contributed by atoms with van der Waals surface area (Å²) in [7, 11) is 3.01. The minimum absolute atomic E-state index is 0.342. The van der Waals surface area contributed by atoms with E-state index in [-0.39, 0.29) is 0 Å². The average molecular weight is 263 g/mol. The van der Waals surface area contributed by atoms with Crippen molar-refractivity contribution in [3.8, 4) is 10.6 Å². The first-order valence-corrected chi connectivity index (χ1v) is 6.24. The van der Waals surface area contributed by atoms with E-state index in [0.29, 0.717) is 12.3 Å². The van der Waals surface area contributed by atoms with Crippen molar-refractivity contribution in [1.82, 2.24) is 4.98 Å². The maximum absolute atomic E-state index is 11.3. The fraction of sp³-hybridized carbons (Fsp3) is 0.231. The Morgan fingerprint density at radius 2 is 2.22 bits per heavy atom. The van der Waals surface area contributed by atoms with Gasteiger partial charge in [-0.05, 0) is 11.6 Å². The molecule has 2 aromatic rings. The molecule has 0 radical (unpaired) electrons. The number of carbonyl (C=O) groups is 1. The molecule has 0 bridgehead atoms. The normalized spacial score (nSPS) is 10.3. The minimum Gasteiger partial charge on any atom is -0.464 e. The van der Waals surface area contributed by atoms with Crippen LogP contribution in [0.2, 0.25) is 0 Å². The Balaban J connectivity index is 2.28. The van der Waals surface area contributed by atoms with Crippen LogP contribution in [0, 0.1) is 0 Å². The van der Waals surface area contributed by atoms with Gasteiger partial charge in [-0.1, -0.05) is 18.2 Å². The molecule has 0 unspecified atom stereocenters. The van der Waals surface area contributed by atoms with Crippen LogP contribution in [0.1, 0.15) is 16.1 Å². The first kappa shape index (κ1) is 12.7. The van der Waals surface area contributed by atoms with Gasteiger partial charge >= 0.3 is 5.97 Å². The molecule has 0 saturated heterocycles. The molecular formula is C13H13NO3S. The Morgan fingerprint density at radius 3 is 2.94 bits per heavy atom. The van der Waals surface area contributed by atoms with Gasteiger partial charge < -0.3 is 9.47 Å². The zero-order chi connectivity index (χ0) is 13.0. The molecule has 5 heteroatoms. The molecule has 0 atom stereocenters. The first-order valence-electron chi connectivity index (χ1n) is 5.36. The minimum atomic E-state index is -0.412. The van der Waals surface area contributed by atoms with Gasteiger partial charge in [0.1, 0.15) is 5.01 Å². The Bertz CT molecular complexity index is 551. The van der Waals surface area contributed by atoms with Gasteiger partial charge in [0.15, 0.2) is 5.69 Å². The van der Waals surface area contributed by atoms with E-state index in [9.17, 15) is 4.79 Å². The van der Waals surface area contributed by atoms with Crippen molar-refractivity contribution in [2.45, 2.75) is 6.61 Å². The van der Waals surface area contributed by atoms with Crippen LogP contribution in [-0.4, -0.2) is 25.2 Å². The van der Waals surface area contributed by atoms with Crippen molar-refractivity contribution in [3.05, 3.63) is 40.9 Å². The van der Waals surface area contributed by atoms with Gasteiger partial charge in [-0.2, -0.15) is 0 Å². The third kappa shape index (κ3) is 2.75. The Hall–Kier alpha value is -1.72. The second kappa shape index (κ2) is 5.75. The van der Waals surface area contributed by atoms with Crippen molar-refractivity contribution in [3.63, 3.8) is 0 Å². The number of nitrogens with zero attached hydrogens (tertiary/aromatic N) is 1. The first-order chi connectivity index (χ1) is 8.74. The molecule has 0 spiro atoms. The van der Waals surface area contributed by atoms with Crippen molar-refractivity contribution < 1.29 is 14.3 Å². The second-order valence-electron chi connectivity index (χ2n) is 3.66. The third-order valence-corrected chi connectivity index (χ3v) is 3.28. The SMILES string of the molecule is COCc1cccc(-c2nc(C(=O)OC)cs2)c1. The largest absolute Gasteiger partial charge is 0.464 e. The number of hydrogen-bond acceptors (Lipinski definition) is 5. The number of aromatic nitrogens is 1. The second-order valence-corrected chi connectivity index (χ2v) is 4.52. The summed E-state index contributed by atoms with van der Waals surface area (Å²) in [6, 6.07) is 7.90. The molecule has 0 fully saturated rings. The summed E-state index contributed by atoms with van der Waals surface area (Å²) in [5.74, 6) is -0.412. The van der Waals surface area contributed by atoms with Gasteiger partial charge in [-0.3, -0.25) is 0 Å². The van der Waals surface area contributed by atoms with Gasteiger partial charge in [-0.25, -0.2) is 9.78 Å². The van der Waals surface area contributed by atoms with Crippen LogP contribution in [0.4, 0.5) is 0 Å². The molecule has 0 aliphatic rings. The van der Waals surface area contributed by atoms with E-state index in [1.807, 2.05) is 24.3 Å². The van der Waals surface area contributed by atoms with E-state index in [4.69, 9.17) is 4.74 Å². The Kier molecular flexibility index (Phi) is 4.07. The zero-order valence-electron chi connectivity index (χ0n) is 10.2. The van der Waals surface area contributed by atoms with E-state index >= 15 is 0 Å². The Morgan fingerprint density at radius 1 is 1.39 bits per heavy atom. The molecule has 1 aromatic heterocycles. The summed E-state index contributed by atoms with van der Waals surface area (Å²) in [5.41, 5.74) is 2.39. The summed E-state index contributed by atoms with van der Waals surface area (Å²) < 4.78 is 9.72. The molecule has 0 amide bonds. The summed E-state index contributed by atoms with van der Waals surface area (Å²) in [4.78, 5) is 15.6. The number of carbonyl (C=O) groups excluding carboxylic acids is 1. The highest BCUT2D eigenvalue weighted by Gasteiger charge is 2.11. The quantitative estimate of drug-likeness (QED) is 0.796. The standard InChI is InChI=1S/C13H13NO3S/c1-16-7-9-4-3-5-10(6-9)12-14-11(8-18-12)13(15)17-2/h3-6,8H,7H2,1-2H3. The van der Waals surface area contributed by atoms with Crippen LogP contribution in [0.5, 0.6) is 0 Å². The zero-order valence-corrected chi connectivity index (χ0v) is 11.0. The van der Waals surface area contributed by atoms with E-state index in [0.717, 1.165) is 16.1 Å². The van der Waals surface area contributed by atoms with E-state index in [1.54, 1.807) is 12.5 Å². The highest BCUT2D eigenvalue weighted by Crippen LogP contribution is 2.25. The number of hydrogen-bond donors (Lipinski definition) is 0. The number of rotatable bonds is 4. The van der Waals surface area contributed by atoms with E-state index < -0.39 is 5.97 Å². The molecule has 2 rings (SSSR count). The van der Waals surface area contributed by atoms with Gasteiger partial charge in [-0.15, -0.1) is 11.3 Å². The molecule has 0 aliphatic heterocycles. The molecule has 18 heavy (non-hydrogen) atoms. The average Bonchev–Trinajstić information content (AvgIpc) is 2.88. The highest BCUT2D eigenvalue weighted by molar-refractivity contribution is 7.13. The highest BCUT2D eigenvalue weighted by atomic mass is 32.1. The van der Waals surface area contributed by atoms with E-state index in [2.05, 4.69) is 9.72 Å². The Labute approximate surface area is 109 Å². The fourth-order valence-electron chi connectivity index (χ4n) is 1.57. The maximum Gasteiger partial charge on any atom is 0.357 e. The molecule has 94 valence electrons. The number of methoxy groups -OCH3 is 2. The van der Waals surface area contributed by atoms with Crippen molar-refractivity contribution in [2.75, 3.05) is 14.2 Å². The lowest BCUT2D eigenvalue weighted by atomic mass is 10.1. The van der Waals surface area contributed by atoms with Crippen LogP contribution in [0.25, 0.3) is 10.6 Å². The van der Waals surface area contributed by atoms with E-state index in [1.165, 1.54) is 18.4 Å². The lowest BCUT2D eigenvalue weighted by Gasteiger charge is -2.01. The van der Waals surface area contributed by atoms with Crippen LogP contribution in [0.3, 0.4) is 0 Å². The maximum atomic E-state index is 11.3. The van der Waals surface area contributed by atoms with Crippen molar-refractivity contribution in [1.29, 1.82) is 0 Å². The molecule has 1 heterocycles. The van der Waals surface area contributed by atoms with Gasteiger partial charge in [0.25, 0.3) is 0 Å². The van der Waals surface area contributed by atoms with Gasteiger partial charge in [0, 0.05) is 18.1 Å². The lowest BCUT2D eigenvalue weighted by Crippen LogP contribution is -2.00. The molecule has 0 saturated carbocycles. The molecule has 1 aromatic carbocycles. The van der Waals surface area contributed by atoms with Crippen LogP contribution >= 0.6 is 11.3 Å². The molecular weight excluding hydrogens is 250 g/mol. The molecule has 0 N–H and O–H groups in total. The predicted molar refractivity (Wildman–Crippen MR) is 69.6 cm³/mol. The van der Waals surface area contributed by atoms with Crippen molar-refractivity contribution in [2.24, 2.45) is 0 Å². The van der Waals surface area contributed by atoms with Crippen LogP contribution in [0.15, 0.2) is 29.6 Å². The third-order valence-electron chi connectivity index (χ3n) is 2.38. The summed E-state index contributed by atoms with van der Waals surface area (Å²) in [6.07, 6.45) is 0. The number of benzene rings is 1. The monoisotopic (exact) mass is 263 g/mol. The van der Waals surface area contributed by atoms with Gasteiger partial charge in [0.05, 0.1) is 13.7 Å². The molecule has 4 nitrogen and oxygen atoms in total. The number of thiazole rings is 1. The topological polar surface area (TPSA) is 48.4 Å². The van der Waals surface area contributed by atoms with Gasteiger partial charge in [0.2, 0.25) is 0 Å². The molecule has 0 aliphatic carbocycles. The van der Waals surface area contributed by atoms with Crippen LogP contribution < -0.4 is 0 Å². The lowest BCUT2D eigenvalue weighted by molar-refractivity contribution is 0.0595. The fourth-order valence-corrected chi connectivity index (χ4v) is 2.35. The number of ether oxygens (including phenoxy) is 2. The predicted octanol–water partition coefficient (Wildman–Crippen LogP) is 2.74. The van der Waals surface area contributed by atoms with Crippen molar-refractivity contribution >= 4 is 17.3 Å². The summed E-state index contributed by atoms with van der Waals surface area (Å²) in [5, 5.41) is 2.50.